The van der Waals surface area contributed by atoms with Gasteiger partial charge in [-0.2, -0.15) is 0 Å². The van der Waals surface area contributed by atoms with E-state index in [2.05, 4.69) is 51.2 Å². The van der Waals surface area contributed by atoms with Crippen LogP contribution in [0.3, 0.4) is 0 Å². The maximum Gasteiger partial charge on any atom is 0.253 e. The molecule has 0 unspecified atom stereocenters. The van der Waals surface area contributed by atoms with Crippen LogP contribution in [0.15, 0.2) is 18.2 Å². The topological polar surface area (TPSA) is 38.3 Å². The highest BCUT2D eigenvalue weighted by atomic mass is 16.5. The summed E-state index contributed by atoms with van der Waals surface area (Å²) in [6.45, 7) is 9.31. The number of benzene rings is 1. The van der Waals surface area contributed by atoms with Crippen LogP contribution in [-0.2, 0) is 9.53 Å². The fraction of sp³-hybridized carbons (Fsp3) is 0.588. The van der Waals surface area contributed by atoms with Crippen LogP contribution in [0.5, 0.6) is 0 Å². The molecule has 1 aliphatic rings. The monoisotopic (exact) mass is 275 g/mol. The predicted octanol–water partition coefficient (Wildman–Crippen LogP) is 4.05. The smallest absolute Gasteiger partial charge is 0.253 e. The minimum atomic E-state index is -0.282. The van der Waals surface area contributed by atoms with E-state index in [4.69, 9.17) is 4.74 Å². The summed E-state index contributed by atoms with van der Waals surface area (Å²) in [6, 6.07) is 6.27. The van der Waals surface area contributed by atoms with Crippen LogP contribution in [0.2, 0.25) is 0 Å². The van der Waals surface area contributed by atoms with E-state index in [1.807, 2.05) is 0 Å². The molecule has 0 saturated carbocycles. The third-order valence-corrected chi connectivity index (χ3v) is 3.84. The average Bonchev–Trinajstić information content (AvgIpc) is 2.92. The summed E-state index contributed by atoms with van der Waals surface area (Å²) < 4.78 is 5.48. The van der Waals surface area contributed by atoms with Crippen LogP contribution in [0, 0.1) is 0 Å². The van der Waals surface area contributed by atoms with E-state index in [1.165, 1.54) is 11.1 Å². The van der Waals surface area contributed by atoms with Gasteiger partial charge in [0.15, 0.2) is 0 Å². The van der Waals surface area contributed by atoms with Crippen molar-refractivity contribution in [2.45, 2.75) is 58.5 Å². The summed E-state index contributed by atoms with van der Waals surface area (Å²) in [6.07, 6.45) is 1.52. The van der Waals surface area contributed by atoms with E-state index in [-0.39, 0.29) is 12.0 Å². The Morgan fingerprint density at radius 1 is 1.20 bits per heavy atom. The van der Waals surface area contributed by atoms with Crippen LogP contribution in [0.25, 0.3) is 0 Å². The van der Waals surface area contributed by atoms with Crippen molar-refractivity contribution < 1.29 is 9.53 Å². The SMILES string of the molecule is CC(C)c1cccc(C(C)C)c1NC(=O)[C@@H]1CCCO1. The van der Waals surface area contributed by atoms with E-state index in [0.717, 1.165) is 18.5 Å². The first-order valence-electron chi connectivity index (χ1n) is 7.56. The van der Waals surface area contributed by atoms with Crippen molar-refractivity contribution in [1.29, 1.82) is 0 Å². The zero-order chi connectivity index (χ0) is 14.7. The molecular formula is C17H25NO2. The van der Waals surface area contributed by atoms with Crippen LogP contribution in [0.1, 0.15) is 63.5 Å². The zero-order valence-electron chi connectivity index (χ0n) is 12.9. The Balaban J connectivity index is 2.30. The summed E-state index contributed by atoms with van der Waals surface area (Å²) in [5.74, 6) is 0.763. The Bertz CT molecular complexity index is 448. The number of carbonyl (C=O) groups excluding carboxylic acids is 1. The second kappa shape index (κ2) is 6.40. The minimum Gasteiger partial charge on any atom is -0.368 e. The molecule has 2 rings (SSSR count). The number of amides is 1. The first-order valence-corrected chi connectivity index (χ1v) is 7.56. The number of rotatable bonds is 4. The number of nitrogens with one attached hydrogen (secondary N) is 1. The molecule has 20 heavy (non-hydrogen) atoms. The van der Waals surface area contributed by atoms with E-state index in [9.17, 15) is 4.79 Å². The van der Waals surface area contributed by atoms with Crippen LogP contribution in [-0.4, -0.2) is 18.6 Å². The van der Waals surface area contributed by atoms with Gasteiger partial charge in [0.25, 0.3) is 5.91 Å². The van der Waals surface area contributed by atoms with Gasteiger partial charge < -0.3 is 10.1 Å². The summed E-state index contributed by atoms with van der Waals surface area (Å²) in [5, 5.41) is 3.12. The van der Waals surface area contributed by atoms with Crippen molar-refractivity contribution in [3.63, 3.8) is 0 Å². The minimum absolute atomic E-state index is 0.00231. The Kier molecular flexibility index (Phi) is 4.81. The first kappa shape index (κ1) is 15.0. The highest BCUT2D eigenvalue weighted by Crippen LogP contribution is 2.32. The van der Waals surface area contributed by atoms with E-state index in [1.54, 1.807) is 0 Å². The number of hydrogen-bond donors (Lipinski definition) is 1. The molecule has 0 radical (unpaired) electrons. The molecule has 1 aromatic carbocycles. The standard InChI is InChI=1S/C17H25NO2/c1-11(2)13-7-5-8-14(12(3)4)16(13)18-17(19)15-9-6-10-20-15/h5,7-8,11-12,15H,6,9-10H2,1-4H3,(H,18,19)/t15-/m0/s1. The van der Waals surface area contributed by atoms with Gasteiger partial charge in [-0.3, -0.25) is 4.79 Å². The Morgan fingerprint density at radius 3 is 2.25 bits per heavy atom. The van der Waals surface area contributed by atoms with E-state index >= 15 is 0 Å². The summed E-state index contributed by atoms with van der Waals surface area (Å²) in [7, 11) is 0. The number of ether oxygens (including phenoxy) is 1. The highest BCUT2D eigenvalue weighted by Gasteiger charge is 2.25. The van der Waals surface area contributed by atoms with E-state index < -0.39 is 0 Å². The molecule has 0 aliphatic carbocycles. The molecule has 1 fully saturated rings. The molecule has 3 heteroatoms. The predicted molar refractivity (Wildman–Crippen MR) is 82.2 cm³/mol. The average molecular weight is 275 g/mol. The van der Waals surface area contributed by atoms with Crippen LogP contribution >= 0.6 is 0 Å². The molecule has 3 nitrogen and oxygen atoms in total. The van der Waals surface area contributed by atoms with Gasteiger partial charge in [0.2, 0.25) is 0 Å². The Morgan fingerprint density at radius 2 is 1.80 bits per heavy atom. The lowest BCUT2D eigenvalue weighted by atomic mass is 9.92. The number of anilines is 1. The highest BCUT2D eigenvalue weighted by molar-refractivity contribution is 5.96. The molecule has 1 N–H and O–H groups in total. The summed E-state index contributed by atoms with van der Waals surface area (Å²) in [5.41, 5.74) is 3.38. The molecule has 1 aliphatic heterocycles. The molecule has 0 spiro atoms. The van der Waals surface area contributed by atoms with Crippen molar-refractivity contribution in [2.24, 2.45) is 0 Å². The molecular weight excluding hydrogens is 250 g/mol. The van der Waals surface area contributed by atoms with Gasteiger partial charge in [0, 0.05) is 12.3 Å². The Hall–Kier alpha value is -1.35. The molecule has 0 aromatic heterocycles. The van der Waals surface area contributed by atoms with Crippen molar-refractivity contribution in [3.8, 4) is 0 Å². The number of hydrogen-bond acceptors (Lipinski definition) is 2. The normalized spacial score (nSPS) is 18.8. The zero-order valence-corrected chi connectivity index (χ0v) is 12.9. The molecule has 1 atom stereocenters. The summed E-state index contributed by atoms with van der Waals surface area (Å²) in [4.78, 5) is 12.3. The van der Waals surface area contributed by atoms with Gasteiger partial charge in [-0.1, -0.05) is 45.9 Å². The maximum atomic E-state index is 12.3. The van der Waals surface area contributed by atoms with Gasteiger partial charge in [-0.25, -0.2) is 0 Å². The van der Waals surface area contributed by atoms with Gasteiger partial charge in [-0.05, 0) is 35.8 Å². The lowest BCUT2D eigenvalue weighted by Crippen LogP contribution is -2.28. The second-order valence-corrected chi connectivity index (χ2v) is 6.11. The molecule has 110 valence electrons. The molecule has 1 amide bonds. The molecule has 0 bridgehead atoms. The van der Waals surface area contributed by atoms with Gasteiger partial charge in [-0.15, -0.1) is 0 Å². The fourth-order valence-corrected chi connectivity index (χ4v) is 2.68. The molecule has 1 aromatic rings. The number of carbonyl (C=O) groups is 1. The van der Waals surface area contributed by atoms with Crippen molar-refractivity contribution in [1.82, 2.24) is 0 Å². The lowest BCUT2D eigenvalue weighted by Gasteiger charge is -2.21. The van der Waals surface area contributed by atoms with Crippen LogP contribution < -0.4 is 5.32 Å². The molecule has 1 saturated heterocycles. The number of para-hydroxylation sites is 1. The van der Waals surface area contributed by atoms with E-state index in [0.29, 0.717) is 18.4 Å². The largest absolute Gasteiger partial charge is 0.368 e. The fourth-order valence-electron chi connectivity index (χ4n) is 2.68. The maximum absolute atomic E-state index is 12.3. The second-order valence-electron chi connectivity index (χ2n) is 6.11. The van der Waals surface area contributed by atoms with Gasteiger partial charge in [0.1, 0.15) is 6.10 Å². The molecule has 1 heterocycles. The third-order valence-electron chi connectivity index (χ3n) is 3.84. The van der Waals surface area contributed by atoms with Crippen molar-refractivity contribution in [3.05, 3.63) is 29.3 Å². The summed E-state index contributed by atoms with van der Waals surface area (Å²) >= 11 is 0. The van der Waals surface area contributed by atoms with Crippen molar-refractivity contribution in [2.75, 3.05) is 11.9 Å². The lowest BCUT2D eigenvalue weighted by molar-refractivity contribution is -0.124. The Labute approximate surface area is 121 Å². The van der Waals surface area contributed by atoms with Gasteiger partial charge >= 0.3 is 0 Å². The third kappa shape index (κ3) is 3.21. The van der Waals surface area contributed by atoms with Crippen molar-refractivity contribution >= 4 is 11.6 Å². The quantitative estimate of drug-likeness (QED) is 0.900. The first-order chi connectivity index (χ1) is 9.50. The van der Waals surface area contributed by atoms with Gasteiger partial charge in [0.05, 0.1) is 0 Å². The van der Waals surface area contributed by atoms with Crippen LogP contribution in [0.4, 0.5) is 5.69 Å².